The molecule has 3 N–H and O–H groups in total. The third kappa shape index (κ3) is 3.07. The zero-order chi connectivity index (χ0) is 17.4. The van der Waals surface area contributed by atoms with Gasteiger partial charge in [0.05, 0.1) is 17.6 Å². The van der Waals surface area contributed by atoms with Crippen LogP contribution in [0.4, 0.5) is 5.82 Å². The molecule has 2 aromatic heterocycles. The van der Waals surface area contributed by atoms with Gasteiger partial charge in [-0.3, -0.25) is 4.90 Å². The summed E-state index contributed by atoms with van der Waals surface area (Å²) in [6, 6.07) is 8.21. The minimum absolute atomic E-state index is 0.526. The van der Waals surface area contributed by atoms with Crippen molar-refractivity contribution < 1.29 is 0 Å². The number of nitrogens with two attached hydrogens (primary N) is 1. The number of anilines is 1. The zero-order valence-corrected chi connectivity index (χ0v) is 15.0. The Morgan fingerprint density at radius 2 is 1.92 bits per heavy atom. The quantitative estimate of drug-likeness (QED) is 0.763. The predicted molar refractivity (Wildman–Crippen MR) is 102 cm³/mol. The number of pyridine rings is 1. The van der Waals surface area contributed by atoms with Gasteiger partial charge in [-0.1, -0.05) is 32.0 Å². The van der Waals surface area contributed by atoms with E-state index in [1.807, 2.05) is 12.1 Å². The number of fused-ring (bicyclic) bond motifs is 3. The van der Waals surface area contributed by atoms with Crippen LogP contribution in [0.5, 0.6) is 0 Å². The number of aromatic nitrogens is 3. The van der Waals surface area contributed by atoms with Crippen molar-refractivity contribution in [3.05, 3.63) is 30.1 Å². The van der Waals surface area contributed by atoms with E-state index >= 15 is 0 Å². The molecule has 6 nitrogen and oxygen atoms in total. The minimum atomic E-state index is 0.526. The van der Waals surface area contributed by atoms with Crippen LogP contribution in [0.3, 0.4) is 0 Å². The molecule has 0 atom stereocenters. The van der Waals surface area contributed by atoms with E-state index < -0.39 is 0 Å². The standard InChI is InChI=1S/C19H26N6/c1-13(2)11-25-16(12-24-9-7-21-8-10-24)23-17-18(25)14-5-3-4-6-15(14)22-19(17)20/h3-6,13,21H,7-12H2,1-2H3,(H2,20,22). The number of imidazole rings is 1. The summed E-state index contributed by atoms with van der Waals surface area (Å²) >= 11 is 0. The van der Waals surface area contributed by atoms with E-state index in [0.717, 1.165) is 67.0 Å². The fraction of sp³-hybridized carbons (Fsp3) is 0.474. The number of nitrogen functional groups attached to an aromatic ring is 1. The van der Waals surface area contributed by atoms with Crippen LogP contribution >= 0.6 is 0 Å². The molecule has 0 bridgehead atoms. The lowest BCUT2D eigenvalue weighted by Crippen LogP contribution is -2.43. The fourth-order valence-electron chi connectivity index (χ4n) is 3.66. The largest absolute Gasteiger partial charge is 0.382 e. The van der Waals surface area contributed by atoms with Gasteiger partial charge in [-0.15, -0.1) is 0 Å². The number of hydrogen-bond acceptors (Lipinski definition) is 5. The Balaban J connectivity index is 1.89. The number of rotatable bonds is 4. The topological polar surface area (TPSA) is 72.0 Å². The molecular formula is C19H26N6. The maximum absolute atomic E-state index is 6.26. The summed E-state index contributed by atoms with van der Waals surface area (Å²) in [4.78, 5) is 11.9. The first-order chi connectivity index (χ1) is 12.1. The molecular weight excluding hydrogens is 312 g/mol. The molecule has 3 heterocycles. The van der Waals surface area contributed by atoms with E-state index in [4.69, 9.17) is 10.7 Å². The molecule has 0 amide bonds. The maximum Gasteiger partial charge on any atom is 0.152 e. The summed E-state index contributed by atoms with van der Waals surface area (Å²) in [6.07, 6.45) is 0. The Morgan fingerprint density at radius 3 is 2.68 bits per heavy atom. The summed E-state index contributed by atoms with van der Waals surface area (Å²) in [5, 5.41) is 4.54. The van der Waals surface area contributed by atoms with Crippen molar-refractivity contribution >= 4 is 27.8 Å². The summed E-state index contributed by atoms with van der Waals surface area (Å²) in [5.41, 5.74) is 9.16. The Hall–Kier alpha value is -2.18. The maximum atomic E-state index is 6.26. The van der Waals surface area contributed by atoms with Gasteiger partial charge in [-0.25, -0.2) is 9.97 Å². The van der Waals surface area contributed by atoms with Crippen molar-refractivity contribution in [2.45, 2.75) is 26.9 Å². The van der Waals surface area contributed by atoms with Crippen molar-refractivity contribution in [3.8, 4) is 0 Å². The van der Waals surface area contributed by atoms with E-state index in [0.29, 0.717) is 11.7 Å². The minimum Gasteiger partial charge on any atom is -0.382 e. The molecule has 4 rings (SSSR count). The molecule has 0 saturated carbocycles. The van der Waals surface area contributed by atoms with Crippen LogP contribution in [0, 0.1) is 5.92 Å². The number of para-hydroxylation sites is 1. The highest BCUT2D eigenvalue weighted by molar-refractivity contribution is 6.06. The highest BCUT2D eigenvalue weighted by Gasteiger charge is 2.20. The van der Waals surface area contributed by atoms with Crippen LogP contribution in [-0.4, -0.2) is 45.6 Å². The first-order valence-corrected chi connectivity index (χ1v) is 9.10. The predicted octanol–water partition coefficient (Wildman–Crippen LogP) is 2.23. The highest BCUT2D eigenvalue weighted by Crippen LogP contribution is 2.29. The molecule has 1 fully saturated rings. The lowest BCUT2D eigenvalue weighted by molar-refractivity contribution is 0.224. The van der Waals surface area contributed by atoms with Crippen molar-refractivity contribution in [2.75, 3.05) is 31.9 Å². The van der Waals surface area contributed by atoms with E-state index in [9.17, 15) is 0 Å². The summed E-state index contributed by atoms with van der Waals surface area (Å²) in [6.45, 7) is 10.5. The molecule has 0 unspecified atom stereocenters. The third-order valence-corrected chi connectivity index (χ3v) is 4.81. The zero-order valence-electron chi connectivity index (χ0n) is 15.0. The molecule has 1 aliphatic rings. The Kier molecular flexibility index (Phi) is 4.31. The fourth-order valence-corrected chi connectivity index (χ4v) is 3.66. The van der Waals surface area contributed by atoms with Crippen LogP contribution in [0.1, 0.15) is 19.7 Å². The van der Waals surface area contributed by atoms with Crippen LogP contribution in [0.2, 0.25) is 0 Å². The van der Waals surface area contributed by atoms with Gasteiger partial charge >= 0.3 is 0 Å². The van der Waals surface area contributed by atoms with E-state index in [2.05, 4.69) is 45.7 Å². The van der Waals surface area contributed by atoms with Crippen molar-refractivity contribution in [3.63, 3.8) is 0 Å². The van der Waals surface area contributed by atoms with Gasteiger partial charge in [0.2, 0.25) is 0 Å². The van der Waals surface area contributed by atoms with Crippen molar-refractivity contribution in [1.82, 2.24) is 24.8 Å². The molecule has 0 radical (unpaired) electrons. The van der Waals surface area contributed by atoms with Gasteiger partial charge < -0.3 is 15.6 Å². The molecule has 0 spiro atoms. The Bertz CT molecular complexity index is 892. The van der Waals surface area contributed by atoms with Crippen molar-refractivity contribution in [2.24, 2.45) is 5.92 Å². The van der Waals surface area contributed by atoms with E-state index in [1.165, 1.54) is 0 Å². The average molecular weight is 338 g/mol. The first kappa shape index (κ1) is 16.3. The molecule has 1 saturated heterocycles. The second-order valence-corrected chi connectivity index (χ2v) is 7.27. The highest BCUT2D eigenvalue weighted by atomic mass is 15.2. The van der Waals surface area contributed by atoms with Gasteiger partial charge in [0.1, 0.15) is 11.3 Å². The van der Waals surface area contributed by atoms with Gasteiger partial charge in [0.15, 0.2) is 5.82 Å². The molecule has 25 heavy (non-hydrogen) atoms. The SMILES string of the molecule is CC(C)Cn1c(CN2CCNCC2)nc2c(N)nc3ccccc3c21. The first-order valence-electron chi connectivity index (χ1n) is 9.10. The summed E-state index contributed by atoms with van der Waals surface area (Å²) in [7, 11) is 0. The summed E-state index contributed by atoms with van der Waals surface area (Å²) in [5.74, 6) is 2.15. The van der Waals surface area contributed by atoms with Gasteiger partial charge in [-0.2, -0.15) is 0 Å². The molecule has 132 valence electrons. The lowest BCUT2D eigenvalue weighted by Gasteiger charge is -2.27. The Labute approximate surface area is 148 Å². The van der Waals surface area contributed by atoms with Crippen LogP contribution in [-0.2, 0) is 13.1 Å². The second-order valence-electron chi connectivity index (χ2n) is 7.27. The molecule has 1 aromatic carbocycles. The number of benzene rings is 1. The van der Waals surface area contributed by atoms with Crippen LogP contribution in [0.25, 0.3) is 21.9 Å². The number of hydrogen-bond donors (Lipinski definition) is 2. The smallest absolute Gasteiger partial charge is 0.152 e. The van der Waals surface area contributed by atoms with Crippen molar-refractivity contribution in [1.29, 1.82) is 0 Å². The molecule has 3 aromatic rings. The van der Waals surface area contributed by atoms with Gasteiger partial charge in [0.25, 0.3) is 0 Å². The number of piperazine rings is 1. The normalized spacial score (nSPS) is 16.3. The van der Waals surface area contributed by atoms with E-state index in [-0.39, 0.29) is 0 Å². The molecule has 0 aliphatic carbocycles. The molecule has 6 heteroatoms. The van der Waals surface area contributed by atoms with Gasteiger partial charge in [-0.05, 0) is 12.0 Å². The molecule has 1 aliphatic heterocycles. The summed E-state index contributed by atoms with van der Waals surface area (Å²) < 4.78 is 2.36. The third-order valence-electron chi connectivity index (χ3n) is 4.81. The van der Waals surface area contributed by atoms with Crippen LogP contribution in [0.15, 0.2) is 24.3 Å². The average Bonchev–Trinajstić information content (AvgIpc) is 2.95. The Morgan fingerprint density at radius 1 is 1.16 bits per heavy atom. The van der Waals surface area contributed by atoms with Crippen LogP contribution < -0.4 is 11.1 Å². The number of nitrogens with zero attached hydrogens (tertiary/aromatic N) is 4. The second kappa shape index (κ2) is 6.61. The lowest BCUT2D eigenvalue weighted by atomic mass is 10.1. The monoisotopic (exact) mass is 338 g/mol. The van der Waals surface area contributed by atoms with E-state index in [1.54, 1.807) is 0 Å². The number of nitrogens with one attached hydrogen (secondary N) is 1. The van der Waals surface area contributed by atoms with Gasteiger partial charge in [0, 0.05) is 38.1 Å².